The summed E-state index contributed by atoms with van der Waals surface area (Å²) in [6.45, 7) is 1.70. The number of carbonyl (C=O) groups excluding carboxylic acids is 1. The van der Waals surface area contributed by atoms with E-state index in [4.69, 9.17) is 4.42 Å². The molecule has 0 spiro atoms. The van der Waals surface area contributed by atoms with Crippen molar-refractivity contribution in [2.24, 2.45) is 0 Å². The molecule has 0 N–H and O–H groups in total. The Morgan fingerprint density at radius 2 is 1.75 bits per heavy atom. The fourth-order valence-corrected chi connectivity index (χ4v) is 5.51. The summed E-state index contributed by atoms with van der Waals surface area (Å²) in [7, 11) is -2.44. The summed E-state index contributed by atoms with van der Waals surface area (Å²) >= 11 is 0. The van der Waals surface area contributed by atoms with Crippen LogP contribution in [0.5, 0.6) is 0 Å². The van der Waals surface area contributed by atoms with Crippen molar-refractivity contribution in [2.45, 2.75) is 13.3 Å². The number of carbonyl (C=O) groups is 1. The van der Waals surface area contributed by atoms with Crippen LogP contribution >= 0.6 is 0 Å². The molecule has 6 aromatic rings. The summed E-state index contributed by atoms with van der Waals surface area (Å²) < 4.78 is 61.9. The number of sulfonamides is 1. The Labute approximate surface area is 250 Å². The predicted octanol–water partition coefficient (Wildman–Crippen LogP) is 6.13. The molecule has 0 aliphatic carbocycles. The zero-order chi connectivity index (χ0) is 31.3. The third kappa shape index (κ3) is 4.92. The van der Waals surface area contributed by atoms with E-state index >= 15 is 0 Å². The molecule has 0 aliphatic heterocycles. The van der Waals surface area contributed by atoms with Gasteiger partial charge in [0.25, 0.3) is 5.56 Å². The SMILES string of the molecule is CCC(=O)c1c(-c2ccc(F)cc2)oc2cc(N(C)S(C)(=O)=O)c(-c3ccc4ncn(-c5ccccc5F)c(=O)c4n3)cc12. The quantitative estimate of drug-likeness (QED) is 0.199. The number of aromatic nitrogens is 3. The molecule has 3 heterocycles. The summed E-state index contributed by atoms with van der Waals surface area (Å²) in [6, 6.07) is 17.4. The number of benzene rings is 3. The summed E-state index contributed by atoms with van der Waals surface area (Å²) in [6.07, 6.45) is 2.38. The van der Waals surface area contributed by atoms with Crippen LogP contribution in [0.15, 0.2) is 88.3 Å². The third-order valence-corrected chi connectivity index (χ3v) is 8.54. The van der Waals surface area contributed by atoms with Gasteiger partial charge in [-0.2, -0.15) is 0 Å². The molecule has 0 radical (unpaired) electrons. The molecule has 0 bridgehead atoms. The first-order valence-electron chi connectivity index (χ1n) is 13.4. The monoisotopic (exact) mass is 614 g/mol. The van der Waals surface area contributed by atoms with Gasteiger partial charge < -0.3 is 4.42 Å². The Kier molecular flexibility index (Phi) is 7.08. The second-order valence-electron chi connectivity index (χ2n) is 10.1. The summed E-state index contributed by atoms with van der Waals surface area (Å²) in [5.74, 6) is -1.12. The maximum absolute atomic E-state index is 14.6. The third-order valence-electron chi connectivity index (χ3n) is 7.34. The second-order valence-corrected chi connectivity index (χ2v) is 12.1. The molecule has 3 aromatic carbocycles. The highest BCUT2D eigenvalue weighted by Crippen LogP contribution is 2.41. The minimum atomic E-state index is -3.80. The van der Waals surface area contributed by atoms with Gasteiger partial charge in [0.1, 0.15) is 29.3 Å². The number of rotatable bonds is 7. The standard InChI is InChI=1S/C32H24F2N4O5S/c1-4-27(39)29-21-15-20(23-13-14-24-30(36-23)32(40)38(17-35-24)25-8-6-5-7-22(25)34)26(37(2)44(3,41)42)16-28(21)43-31(29)18-9-11-19(33)12-10-18/h5-17H,4H2,1-3H3. The molecule has 0 fully saturated rings. The lowest BCUT2D eigenvalue weighted by Gasteiger charge is -2.20. The fraction of sp³-hybridized carbons (Fsp3) is 0.125. The van der Waals surface area contributed by atoms with E-state index in [9.17, 15) is 26.8 Å². The van der Waals surface area contributed by atoms with Crippen molar-refractivity contribution < 1.29 is 26.4 Å². The van der Waals surface area contributed by atoms with Crippen molar-refractivity contribution in [2.75, 3.05) is 17.6 Å². The molecule has 44 heavy (non-hydrogen) atoms. The van der Waals surface area contributed by atoms with Crippen LogP contribution < -0.4 is 9.86 Å². The van der Waals surface area contributed by atoms with E-state index in [2.05, 4.69) is 9.97 Å². The number of Topliss-reactive ketones (excluding diaryl/α,β-unsaturated/α-hetero) is 1. The van der Waals surface area contributed by atoms with Gasteiger partial charge >= 0.3 is 0 Å². The van der Waals surface area contributed by atoms with Crippen LogP contribution in [0.1, 0.15) is 23.7 Å². The number of ketones is 1. The highest BCUT2D eigenvalue weighted by Gasteiger charge is 2.26. The Bertz CT molecular complexity index is 2280. The molecule has 3 aromatic heterocycles. The van der Waals surface area contributed by atoms with E-state index < -0.39 is 27.2 Å². The molecule has 6 rings (SSSR count). The van der Waals surface area contributed by atoms with Gasteiger partial charge in [0.2, 0.25) is 10.0 Å². The van der Waals surface area contributed by atoms with E-state index in [1.54, 1.807) is 31.2 Å². The van der Waals surface area contributed by atoms with E-state index in [0.29, 0.717) is 10.9 Å². The van der Waals surface area contributed by atoms with E-state index in [1.807, 2.05) is 0 Å². The summed E-state index contributed by atoms with van der Waals surface area (Å²) in [5, 5.41) is 0.383. The predicted molar refractivity (Wildman–Crippen MR) is 164 cm³/mol. The van der Waals surface area contributed by atoms with Gasteiger partial charge in [0.15, 0.2) is 11.3 Å². The summed E-state index contributed by atoms with van der Waals surface area (Å²) in [4.78, 5) is 35.6. The highest BCUT2D eigenvalue weighted by molar-refractivity contribution is 7.92. The van der Waals surface area contributed by atoms with Crippen LogP contribution in [0.4, 0.5) is 14.5 Å². The van der Waals surface area contributed by atoms with Crippen molar-refractivity contribution in [1.29, 1.82) is 0 Å². The van der Waals surface area contributed by atoms with Crippen molar-refractivity contribution in [3.63, 3.8) is 0 Å². The van der Waals surface area contributed by atoms with Gasteiger partial charge in [-0.3, -0.25) is 18.5 Å². The normalized spacial score (nSPS) is 11.8. The molecule has 0 unspecified atom stereocenters. The number of nitrogens with zero attached hydrogens (tertiary/aromatic N) is 4. The first kappa shape index (κ1) is 28.9. The molecular weight excluding hydrogens is 590 g/mol. The van der Waals surface area contributed by atoms with E-state index in [1.165, 1.54) is 61.9 Å². The minimum absolute atomic E-state index is 0.00698. The molecule has 0 atom stereocenters. The number of furan rings is 1. The number of anilines is 1. The zero-order valence-corrected chi connectivity index (χ0v) is 24.5. The van der Waals surface area contributed by atoms with Gasteiger partial charge in [-0.05, 0) is 54.6 Å². The lowest BCUT2D eigenvalue weighted by molar-refractivity contribution is 0.0989. The molecule has 222 valence electrons. The minimum Gasteiger partial charge on any atom is -0.455 e. The van der Waals surface area contributed by atoms with Gasteiger partial charge in [-0.1, -0.05) is 19.1 Å². The number of hydrogen-bond donors (Lipinski definition) is 0. The number of fused-ring (bicyclic) bond motifs is 2. The van der Waals surface area contributed by atoms with Gasteiger partial charge in [-0.15, -0.1) is 0 Å². The maximum Gasteiger partial charge on any atom is 0.284 e. The van der Waals surface area contributed by atoms with Crippen LogP contribution in [0.3, 0.4) is 0 Å². The number of pyridine rings is 1. The smallest absolute Gasteiger partial charge is 0.284 e. The maximum atomic E-state index is 14.6. The van der Waals surface area contributed by atoms with E-state index in [0.717, 1.165) is 15.1 Å². The topological polar surface area (TPSA) is 115 Å². The highest BCUT2D eigenvalue weighted by atomic mass is 32.2. The van der Waals surface area contributed by atoms with Crippen LogP contribution in [-0.4, -0.2) is 42.0 Å². The average Bonchev–Trinajstić information content (AvgIpc) is 3.38. The zero-order valence-electron chi connectivity index (χ0n) is 23.7. The molecule has 0 amide bonds. The first-order chi connectivity index (χ1) is 21.0. The van der Waals surface area contributed by atoms with Crippen molar-refractivity contribution in [3.05, 3.63) is 107 Å². The Morgan fingerprint density at radius 1 is 1.02 bits per heavy atom. The number of para-hydroxylation sites is 1. The Hall–Kier alpha value is -5.23. The largest absolute Gasteiger partial charge is 0.455 e. The molecule has 0 saturated carbocycles. The number of hydrogen-bond acceptors (Lipinski definition) is 7. The molecule has 9 nitrogen and oxygen atoms in total. The van der Waals surface area contributed by atoms with Crippen LogP contribution in [-0.2, 0) is 10.0 Å². The van der Waals surface area contributed by atoms with Crippen molar-refractivity contribution >= 4 is 43.5 Å². The summed E-state index contributed by atoms with van der Waals surface area (Å²) in [5.41, 5.74) is 1.10. The Morgan fingerprint density at radius 3 is 2.43 bits per heavy atom. The lowest BCUT2D eigenvalue weighted by Crippen LogP contribution is -2.25. The lowest BCUT2D eigenvalue weighted by atomic mass is 9.98. The van der Waals surface area contributed by atoms with Gasteiger partial charge in [0, 0.05) is 36.0 Å². The van der Waals surface area contributed by atoms with Crippen molar-refractivity contribution in [1.82, 2.24) is 14.5 Å². The van der Waals surface area contributed by atoms with Crippen LogP contribution in [0, 0.1) is 11.6 Å². The molecule has 0 aliphatic rings. The first-order valence-corrected chi connectivity index (χ1v) is 15.3. The molecule has 12 heteroatoms. The van der Waals surface area contributed by atoms with Gasteiger partial charge in [-0.25, -0.2) is 27.2 Å². The molecular formula is C32H24F2N4O5S. The second kappa shape index (κ2) is 10.8. The van der Waals surface area contributed by atoms with Crippen LogP contribution in [0.2, 0.25) is 0 Å². The van der Waals surface area contributed by atoms with Gasteiger partial charge in [0.05, 0.1) is 34.4 Å². The average molecular weight is 615 g/mol. The fourth-order valence-electron chi connectivity index (χ4n) is 5.00. The number of halogens is 2. The van der Waals surface area contributed by atoms with Crippen molar-refractivity contribution in [3.8, 4) is 28.3 Å². The van der Waals surface area contributed by atoms with E-state index in [-0.39, 0.29) is 62.8 Å². The van der Waals surface area contributed by atoms with Crippen LogP contribution in [0.25, 0.3) is 50.3 Å². The molecule has 0 saturated heterocycles. The Balaban J connectivity index is 1.65.